The Bertz CT molecular complexity index is 528. The van der Waals surface area contributed by atoms with Crippen molar-refractivity contribution in [2.45, 2.75) is 87.4 Å². The van der Waals surface area contributed by atoms with E-state index in [-0.39, 0.29) is 15.8 Å². The molecule has 3 heteroatoms. The van der Waals surface area contributed by atoms with Crippen molar-refractivity contribution in [2.75, 3.05) is 0 Å². The fourth-order valence-electron chi connectivity index (χ4n) is 9.35. The molecule has 8 saturated carbocycles. The highest BCUT2D eigenvalue weighted by Gasteiger charge is 2.57. The van der Waals surface area contributed by atoms with Crippen molar-refractivity contribution in [3.8, 4) is 0 Å². The Hall–Kier alpha value is -0.0500. The standard InChI is InChI=1S/C22H32BrNO/c23-19(21-7-13-1-14(8-21)3-15(2-13)9-21)20(25)24-22-10-16-4-17(11-22)6-18(5-16)12-22/h13-19H,1-12H2,(H,24,25). The summed E-state index contributed by atoms with van der Waals surface area (Å²) in [4.78, 5) is 13.4. The maximum atomic E-state index is 13.4. The lowest BCUT2D eigenvalue weighted by Crippen LogP contribution is -2.63. The maximum Gasteiger partial charge on any atom is 0.234 e. The van der Waals surface area contributed by atoms with Crippen LogP contribution in [0.25, 0.3) is 0 Å². The lowest BCUT2D eigenvalue weighted by atomic mass is 9.48. The van der Waals surface area contributed by atoms with E-state index in [0.29, 0.717) is 5.91 Å². The smallest absolute Gasteiger partial charge is 0.234 e. The zero-order valence-electron chi connectivity index (χ0n) is 15.3. The van der Waals surface area contributed by atoms with E-state index < -0.39 is 0 Å². The van der Waals surface area contributed by atoms with Crippen molar-refractivity contribution in [1.29, 1.82) is 0 Å². The summed E-state index contributed by atoms with van der Waals surface area (Å²) in [7, 11) is 0. The van der Waals surface area contributed by atoms with Gasteiger partial charge in [-0.25, -0.2) is 0 Å². The first-order chi connectivity index (χ1) is 12.0. The number of nitrogens with one attached hydrogen (secondary N) is 1. The van der Waals surface area contributed by atoms with Crippen LogP contribution in [0.1, 0.15) is 77.0 Å². The average Bonchev–Trinajstić information content (AvgIpc) is 2.51. The molecule has 8 rings (SSSR count). The number of amides is 1. The van der Waals surface area contributed by atoms with Gasteiger partial charge in [0.25, 0.3) is 0 Å². The van der Waals surface area contributed by atoms with Gasteiger partial charge in [-0.2, -0.15) is 0 Å². The van der Waals surface area contributed by atoms with Crippen molar-refractivity contribution in [3.05, 3.63) is 0 Å². The monoisotopic (exact) mass is 405 g/mol. The summed E-state index contributed by atoms with van der Waals surface area (Å²) in [6.45, 7) is 0. The number of alkyl halides is 1. The van der Waals surface area contributed by atoms with Crippen LogP contribution in [0.5, 0.6) is 0 Å². The summed E-state index contributed by atoms with van der Waals surface area (Å²) >= 11 is 3.96. The Morgan fingerprint density at radius 1 is 0.720 bits per heavy atom. The molecular formula is C22H32BrNO. The van der Waals surface area contributed by atoms with E-state index in [1.54, 1.807) is 0 Å². The molecule has 8 fully saturated rings. The molecule has 0 heterocycles. The van der Waals surface area contributed by atoms with Gasteiger partial charge < -0.3 is 5.32 Å². The van der Waals surface area contributed by atoms with Gasteiger partial charge in [0.15, 0.2) is 0 Å². The van der Waals surface area contributed by atoms with Crippen LogP contribution < -0.4 is 5.32 Å². The van der Waals surface area contributed by atoms with E-state index in [2.05, 4.69) is 21.2 Å². The Morgan fingerprint density at radius 2 is 1.08 bits per heavy atom. The van der Waals surface area contributed by atoms with E-state index in [4.69, 9.17) is 0 Å². The topological polar surface area (TPSA) is 29.1 Å². The normalized spacial score (nSPS) is 56.2. The minimum absolute atomic E-state index is 0.0569. The van der Waals surface area contributed by atoms with E-state index >= 15 is 0 Å². The molecular weight excluding hydrogens is 374 g/mol. The molecule has 8 aliphatic carbocycles. The van der Waals surface area contributed by atoms with Gasteiger partial charge in [-0.15, -0.1) is 0 Å². The van der Waals surface area contributed by atoms with E-state index in [0.717, 1.165) is 35.5 Å². The molecule has 2 nitrogen and oxygen atoms in total. The molecule has 1 atom stereocenters. The lowest BCUT2D eigenvalue weighted by Gasteiger charge is -2.59. The maximum absolute atomic E-state index is 13.4. The second-order valence-corrected chi connectivity index (χ2v) is 12.2. The fraction of sp³-hybridized carbons (Fsp3) is 0.955. The number of hydrogen-bond acceptors (Lipinski definition) is 1. The zero-order valence-corrected chi connectivity index (χ0v) is 16.9. The molecule has 0 spiro atoms. The van der Waals surface area contributed by atoms with Crippen molar-refractivity contribution < 1.29 is 4.79 Å². The van der Waals surface area contributed by atoms with Crippen LogP contribution in [0.4, 0.5) is 0 Å². The molecule has 0 radical (unpaired) electrons. The predicted molar refractivity (Wildman–Crippen MR) is 102 cm³/mol. The summed E-state index contributed by atoms with van der Waals surface area (Å²) < 4.78 is 0. The van der Waals surface area contributed by atoms with Crippen LogP contribution in [-0.4, -0.2) is 16.3 Å². The Kier molecular flexibility index (Phi) is 3.36. The molecule has 0 aromatic carbocycles. The van der Waals surface area contributed by atoms with Crippen molar-refractivity contribution in [2.24, 2.45) is 40.9 Å². The van der Waals surface area contributed by atoms with E-state index in [1.807, 2.05) is 0 Å². The van der Waals surface area contributed by atoms with Gasteiger partial charge in [-0.1, -0.05) is 15.9 Å². The number of hydrogen-bond donors (Lipinski definition) is 1. The molecule has 138 valence electrons. The summed E-state index contributed by atoms with van der Waals surface area (Å²) in [5.74, 6) is 5.81. The second-order valence-electron chi connectivity index (χ2n) is 11.3. The average molecular weight is 406 g/mol. The van der Waals surface area contributed by atoms with Gasteiger partial charge in [-0.05, 0) is 118 Å². The summed E-state index contributed by atoms with van der Waals surface area (Å²) in [5, 5.41) is 3.66. The van der Waals surface area contributed by atoms with Gasteiger partial charge >= 0.3 is 0 Å². The molecule has 1 unspecified atom stereocenters. The first-order valence-corrected chi connectivity index (χ1v) is 11.9. The van der Waals surface area contributed by atoms with Crippen LogP contribution in [0, 0.1) is 40.9 Å². The number of halogens is 1. The summed E-state index contributed by atoms with van der Waals surface area (Å²) in [6, 6.07) is 0. The lowest BCUT2D eigenvalue weighted by molar-refractivity contribution is -0.133. The Labute approximate surface area is 160 Å². The first kappa shape index (κ1) is 16.0. The Morgan fingerprint density at radius 3 is 1.48 bits per heavy atom. The predicted octanol–water partition coefficient (Wildman–Crippen LogP) is 5.05. The van der Waals surface area contributed by atoms with Gasteiger partial charge in [0.05, 0.1) is 4.83 Å². The number of carbonyl (C=O) groups excluding carboxylic acids is 1. The quantitative estimate of drug-likeness (QED) is 0.653. The van der Waals surface area contributed by atoms with Crippen molar-refractivity contribution in [1.82, 2.24) is 5.32 Å². The summed E-state index contributed by atoms with van der Waals surface area (Å²) in [5.41, 5.74) is 0.446. The highest BCUT2D eigenvalue weighted by atomic mass is 79.9. The molecule has 1 N–H and O–H groups in total. The first-order valence-electron chi connectivity index (χ1n) is 11.0. The minimum Gasteiger partial charge on any atom is -0.350 e. The molecule has 25 heavy (non-hydrogen) atoms. The molecule has 8 aliphatic rings. The number of rotatable bonds is 3. The third-order valence-electron chi connectivity index (χ3n) is 9.28. The zero-order chi connectivity index (χ0) is 16.8. The largest absolute Gasteiger partial charge is 0.350 e. The van der Waals surface area contributed by atoms with Crippen LogP contribution >= 0.6 is 15.9 Å². The van der Waals surface area contributed by atoms with E-state index in [9.17, 15) is 4.79 Å². The van der Waals surface area contributed by atoms with Gasteiger partial charge in [0.2, 0.25) is 5.91 Å². The third kappa shape index (κ3) is 2.43. The van der Waals surface area contributed by atoms with Gasteiger partial charge in [0, 0.05) is 5.54 Å². The Balaban J connectivity index is 1.21. The highest BCUT2D eigenvalue weighted by Crippen LogP contribution is 2.63. The van der Waals surface area contributed by atoms with Crippen LogP contribution in [-0.2, 0) is 4.79 Å². The second kappa shape index (κ2) is 5.26. The molecule has 0 aromatic heterocycles. The van der Waals surface area contributed by atoms with Crippen molar-refractivity contribution >= 4 is 21.8 Å². The highest BCUT2D eigenvalue weighted by molar-refractivity contribution is 9.10. The molecule has 0 aliphatic heterocycles. The van der Waals surface area contributed by atoms with Gasteiger partial charge in [0.1, 0.15) is 0 Å². The van der Waals surface area contributed by atoms with Crippen LogP contribution in [0.3, 0.4) is 0 Å². The van der Waals surface area contributed by atoms with Crippen LogP contribution in [0.2, 0.25) is 0 Å². The summed E-state index contributed by atoms with van der Waals surface area (Å²) in [6.07, 6.45) is 16.4. The van der Waals surface area contributed by atoms with Gasteiger partial charge in [-0.3, -0.25) is 4.79 Å². The third-order valence-corrected chi connectivity index (χ3v) is 10.7. The molecule has 1 amide bonds. The molecule has 0 aromatic rings. The molecule has 8 bridgehead atoms. The van der Waals surface area contributed by atoms with Crippen LogP contribution in [0.15, 0.2) is 0 Å². The van der Waals surface area contributed by atoms with E-state index in [1.165, 1.54) is 77.0 Å². The van der Waals surface area contributed by atoms with Crippen molar-refractivity contribution in [3.63, 3.8) is 0 Å². The fourth-order valence-corrected chi connectivity index (χ4v) is 10.0. The minimum atomic E-state index is 0.0569. The number of carbonyl (C=O) groups is 1. The SMILES string of the molecule is O=C(NC12CC3CC(CC(C3)C1)C2)C(Br)C12CC3CC(CC(C3)C1)C2. The molecule has 0 saturated heterocycles.